The molecule has 0 spiro atoms. The van der Waals surface area contributed by atoms with Gasteiger partial charge in [0.25, 0.3) is 5.56 Å². The number of nitrogens with zero attached hydrogens (tertiary/aromatic N) is 2. The Labute approximate surface area is 125 Å². The molecule has 0 aliphatic heterocycles. The normalized spacial score (nSPS) is 11.0. The lowest BCUT2D eigenvalue weighted by Gasteiger charge is -2.08. The molecule has 0 radical (unpaired) electrons. The average molecular weight is 298 g/mol. The quantitative estimate of drug-likeness (QED) is 0.699. The Kier molecular flexibility index (Phi) is 3.43. The first-order valence-electron chi connectivity index (χ1n) is 6.62. The van der Waals surface area contributed by atoms with E-state index in [1.54, 1.807) is 19.1 Å². The third-order valence-corrected chi connectivity index (χ3v) is 4.31. The summed E-state index contributed by atoms with van der Waals surface area (Å²) < 4.78 is 1.45. The molecule has 0 aliphatic carbocycles. The lowest BCUT2D eigenvalue weighted by Crippen LogP contribution is -2.27. The molecule has 0 unspecified atom stereocenters. The van der Waals surface area contributed by atoms with Gasteiger partial charge >= 0.3 is 0 Å². The molecule has 2 heterocycles. The minimum atomic E-state index is -0.147. The maximum Gasteiger partial charge on any atom is 0.262 e. The molecule has 0 N–H and O–H groups in total. The summed E-state index contributed by atoms with van der Waals surface area (Å²) in [6.07, 6.45) is 0. The molecule has 5 heteroatoms. The van der Waals surface area contributed by atoms with E-state index in [0.29, 0.717) is 16.8 Å². The molecular weight excluding hydrogens is 284 g/mol. The molecule has 0 aliphatic rings. The number of Topliss-reactive ketones (excluding diaryl/α,β-unsaturated/α-hetero) is 1. The van der Waals surface area contributed by atoms with Crippen molar-refractivity contribution in [2.24, 2.45) is 0 Å². The van der Waals surface area contributed by atoms with Crippen LogP contribution in [0.25, 0.3) is 10.2 Å². The lowest BCUT2D eigenvalue weighted by atomic mass is 10.1. The highest BCUT2D eigenvalue weighted by molar-refractivity contribution is 7.18. The van der Waals surface area contributed by atoms with E-state index in [4.69, 9.17) is 0 Å². The Morgan fingerprint density at radius 1 is 1.24 bits per heavy atom. The number of carbonyl (C=O) groups excluding carboxylic acids is 1. The molecular formula is C16H14N2O2S. The van der Waals surface area contributed by atoms with Gasteiger partial charge in [-0.25, -0.2) is 4.98 Å². The fourth-order valence-electron chi connectivity index (χ4n) is 2.28. The van der Waals surface area contributed by atoms with Crippen LogP contribution in [-0.2, 0) is 6.54 Å². The van der Waals surface area contributed by atoms with Crippen LogP contribution in [0.5, 0.6) is 0 Å². The Bertz CT molecular complexity index is 878. The van der Waals surface area contributed by atoms with Crippen LogP contribution in [0.1, 0.15) is 21.1 Å². The second kappa shape index (κ2) is 5.26. The van der Waals surface area contributed by atoms with Crippen LogP contribution in [0, 0.1) is 13.8 Å². The van der Waals surface area contributed by atoms with Crippen LogP contribution < -0.4 is 5.56 Å². The first-order chi connectivity index (χ1) is 10.1. The van der Waals surface area contributed by atoms with Gasteiger partial charge in [0.05, 0.1) is 11.9 Å². The zero-order valence-electron chi connectivity index (χ0n) is 11.8. The van der Waals surface area contributed by atoms with Crippen molar-refractivity contribution in [3.8, 4) is 0 Å². The number of aromatic nitrogens is 2. The van der Waals surface area contributed by atoms with Crippen molar-refractivity contribution < 1.29 is 4.79 Å². The maximum absolute atomic E-state index is 12.5. The minimum Gasteiger partial charge on any atom is -0.292 e. The number of benzene rings is 1. The molecule has 1 aromatic carbocycles. The molecule has 2 aromatic heterocycles. The zero-order chi connectivity index (χ0) is 15.0. The molecule has 0 amide bonds. The number of aryl methyl sites for hydroxylation is 2. The van der Waals surface area contributed by atoms with Crippen LogP contribution in [0.2, 0.25) is 0 Å². The van der Waals surface area contributed by atoms with Crippen molar-refractivity contribution in [1.82, 2.24) is 9.55 Å². The van der Waals surface area contributed by atoms with Gasteiger partial charge in [0, 0.05) is 10.4 Å². The van der Waals surface area contributed by atoms with Gasteiger partial charge in [-0.3, -0.25) is 14.2 Å². The second-order valence-electron chi connectivity index (χ2n) is 4.92. The number of rotatable bonds is 3. The van der Waals surface area contributed by atoms with E-state index < -0.39 is 0 Å². The van der Waals surface area contributed by atoms with Crippen molar-refractivity contribution in [2.75, 3.05) is 0 Å². The first-order valence-corrected chi connectivity index (χ1v) is 7.44. The summed E-state index contributed by atoms with van der Waals surface area (Å²) in [4.78, 5) is 31.0. The monoisotopic (exact) mass is 298 g/mol. The Morgan fingerprint density at radius 2 is 1.95 bits per heavy atom. The molecule has 0 fully saturated rings. The Morgan fingerprint density at radius 3 is 2.67 bits per heavy atom. The number of carbonyl (C=O) groups is 1. The highest BCUT2D eigenvalue weighted by Gasteiger charge is 2.14. The number of hydrogen-bond acceptors (Lipinski definition) is 4. The van der Waals surface area contributed by atoms with Gasteiger partial charge in [0.2, 0.25) is 0 Å². The Hall–Kier alpha value is -2.27. The Balaban J connectivity index is 2.05. The van der Waals surface area contributed by atoms with E-state index in [0.717, 1.165) is 9.71 Å². The van der Waals surface area contributed by atoms with Gasteiger partial charge in [0.15, 0.2) is 5.78 Å². The SMILES string of the molecule is Cc1cc2c(=O)n(CC(=O)c3ccccc3)c(C)nc2s1. The van der Waals surface area contributed by atoms with E-state index >= 15 is 0 Å². The summed E-state index contributed by atoms with van der Waals surface area (Å²) in [6.45, 7) is 3.72. The number of ketones is 1. The molecule has 0 bridgehead atoms. The van der Waals surface area contributed by atoms with Gasteiger partial charge in [-0.05, 0) is 19.9 Å². The lowest BCUT2D eigenvalue weighted by molar-refractivity contribution is 0.0969. The molecule has 0 saturated carbocycles. The number of fused-ring (bicyclic) bond motifs is 1. The summed E-state index contributed by atoms with van der Waals surface area (Å²) in [5.74, 6) is 0.479. The zero-order valence-corrected chi connectivity index (χ0v) is 12.6. The summed E-state index contributed by atoms with van der Waals surface area (Å²) in [5.41, 5.74) is 0.455. The predicted octanol–water partition coefficient (Wildman–Crippen LogP) is 2.96. The van der Waals surface area contributed by atoms with Crippen LogP contribution in [0.4, 0.5) is 0 Å². The number of hydrogen-bond donors (Lipinski definition) is 0. The van der Waals surface area contributed by atoms with Gasteiger partial charge in [-0.1, -0.05) is 30.3 Å². The summed E-state index contributed by atoms with van der Waals surface area (Å²) >= 11 is 1.50. The molecule has 4 nitrogen and oxygen atoms in total. The first kappa shape index (κ1) is 13.7. The summed E-state index contributed by atoms with van der Waals surface area (Å²) in [5, 5.41) is 0.587. The largest absolute Gasteiger partial charge is 0.292 e. The van der Waals surface area contributed by atoms with Crippen molar-refractivity contribution in [3.63, 3.8) is 0 Å². The van der Waals surface area contributed by atoms with Gasteiger partial charge in [-0.15, -0.1) is 11.3 Å². The second-order valence-corrected chi connectivity index (χ2v) is 6.15. The van der Waals surface area contributed by atoms with Gasteiger partial charge in [0.1, 0.15) is 10.7 Å². The van der Waals surface area contributed by atoms with E-state index in [2.05, 4.69) is 4.98 Å². The van der Waals surface area contributed by atoms with Gasteiger partial charge < -0.3 is 0 Å². The molecule has 21 heavy (non-hydrogen) atoms. The van der Waals surface area contributed by atoms with Crippen LogP contribution >= 0.6 is 11.3 Å². The average Bonchev–Trinajstić information content (AvgIpc) is 2.85. The highest BCUT2D eigenvalue weighted by atomic mass is 32.1. The van der Waals surface area contributed by atoms with Crippen LogP contribution in [-0.4, -0.2) is 15.3 Å². The fourth-order valence-corrected chi connectivity index (χ4v) is 3.20. The van der Waals surface area contributed by atoms with Crippen molar-refractivity contribution in [1.29, 1.82) is 0 Å². The van der Waals surface area contributed by atoms with Crippen LogP contribution in [0.3, 0.4) is 0 Å². The third-order valence-electron chi connectivity index (χ3n) is 3.36. The van der Waals surface area contributed by atoms with Gasteiger partial charge in [-0.2, -0.15) is 0 Å². The molecule has 0 saturated heterocycles. The highest BCUT2D eigenvalue weighted by Crippen LogP contribution is 2.20. The van der Waals surface area contributed by atoms with Crippen LogP contribution in [0.15, 0.2) is 41.2 Å². The topological polar surface area (TPSA) is 52.0 Å². The van der Waals surface area contributed by atoms with E-state index in [1.807, 2.05) is 31.2 Å². The van der Waals surface area contributed by atoms with Crippen molar-refractivity contribution >= 4 is 27.3 Å². The molecule has 0 atom stereocenters. The predicted molar refractivity (Wildman–Crippen MR) is 84.1 cm³/mol. The molecule has 3 rings (SSSR count). The molecule has 3 aromatic rings. The van der Waals surface area contributed by atoms with E-state index in [-0.39, 0.29) is 17.9 Å². The van der Waals surface area contributed by atoms with Crippen molar-refractivity contribution in [3.05, 3.63) is 63.0 Å². The smallest absolute Gasteiger partial charge is 0.262 e. The van der Waals surface area contributed by atoms with Crippen molar-refractivity contribution in [2.45, 2.75) is 20.4 Å². The summed E-state index contributed by atoms with van der Waals surface area (Å²) in [7, 11) is 0. The molecule has 106 valence electrons. The fraction of sp³-hybridized carbons (Fsp3) is 0.188. The number of thiophene rings is 1. The standard InChI is InChI=1S/C16H14N2O2S/c1-10-8-13-15(21-10)17-11(2)18(16(13)20)9-14(19)12-6-4-3-5-7-12/h3-8H,9H2,1-2H3. The minimum absolute atomic E-state index is 0.0204. The maximum atomic E-state index is 12.5. The van der Waals surface area contributed by atoms with E-state index in [9.17, 15) is 9.59 Å². The summed E-state index contributed by atoms with van der Waals surface area (Å²) in [6, 6.07) is 10.8. The third kappa shape index (κ3) is 2.52. The van der Waals surface area contributed by atoms with E-state index in [1.165, 1.54) is 15.9 Å².